The van der Waals surface area contributed by atoms with E-state index >= 15 is 0 Å². The highest BCUT2D eigenvalue weighted by atomic mass is 127. The highest BCUT2D eigenvalue weighted by Gasteiger charge is 2.33. The van der Waals surface area contributed by atoms with Gasteiger partial charge in [-0.2, -0.15) is 0 Å². The second kappa shape index (κ2) is 9.68. The van der Waals surface area contributed by atoms with Crippen LogP contribution in [0.2, 0.25) is 0 Å². The van der Waals surface area contributed by atoms with E-state index in [0.29, 0.717) is 18.5 Å². The van der Waals surface area contributed by atoms with Gasteiger partial charge in [-0.1, -0.05) is 19.1 Å². The maximum absolute atomic E-state index is 13.7. The Morgan fingerprint density at radius 3 is 2.72 bits per heavy atom. The smallest absolute Gasteiger partial charge is 0.191 e. The molecule has 1 aromatic rings. The van der Waals surface area contributed by atoms with Gasteiger partial charge < -0.3 is 15.4 Å². The van der Waals surface area contributed by atoms with Crippen LogP contribution in [0.25, 0.3) is 0 Å². The van der Waals surface area contributed by atoms with Gasteiger partial charge in [0, 0.05) is 32.7 Å². The lowest BCUT2D eigenvalue weighted by atomic mass is 10.0. The summed E-state index contributed by atoms with van der Waals surface area (Å²) in [5.74, 6) is 1.33. The van der Waals surface area contributed by atoms with Crippen molar-refractivity contribution >= 4 is 29.9 Å². The molecule has 2 aliphatic rings. The molecule has 1 saturated carbocycles. The molecule has 1 saturated heterocycles. The number of benzene rings is 1. The lowest BCUT2D eigenvalue weighted by molar-refractivity contribution is 0.0169. The van der Waals surface area contributed by atoms with E-state index in [1.54, 1.807) is 19.2 Å². The molecule has 1 heterocycles. The lowest BCUT2D eigenvalue weighted by Gasteiger charge is -2.35. The van der Waals surface area contributed by atoms with Crippen molar-refractivity contribution in [3.8, 4) is 0 Å². The maximum atomic E-state index is 13.7. The van der Waals surface area contributed by atoms with E-state index in [4.69, 9.17) is 4.74 Å². The van der Waals surface area contributed by atoms with Crippen molar-refractivity contribution in [2.75, 3.05) is 39.9 Å². The number of aliphatic imine (C=N–C) groups is 1. The molecule has 2 N–H and O–H groups in total. The lowest BCUT2D eigenvalue weighted by Crippen LogP contribution is -2.46. The van der Waals surface area contributed by atoms with Gasteiger partial charge in [-0.3, -0.25) is 9.89 Å². The number of rotatable bonds is 5. The summed E-state index contributed by atoms with van der Waals surface area (Å²) in [5.41, 5.74) is 0.986. The first-order valence-corrected chi connectivity index (χ1v) is 8.72. The average Bonchev–Trinajstić information content (AvgIpc) is 3.30. The molecule has 140 valence electrons. The fraction of sp³-hybridized carbons (Fsp3) is 0.611. The Hall–Kier alpha value is -0.930. The summed E-state index contributed by atoms with van der Waals surface area (Å²) in [6.07, 6.45) is 1.19. The summed E-state index contributed by atoms with van der Waals surface area (Å²) in [5, 5.41) is 6.84. The minimum atomic E-state index is -0.194. The van der Waals surface area contributed by atoms with E-state index in [2.05, 4.69) is 27.4 Å². The van der Waals surface area contributed by atoms with Gasteiger partial charge >= 0.3 is 0 Å². The predicted octanol–water partition coefficient (Wildman–Crippen LogP) is 2.39. The van der Waals surface area contributed by atoms with E-state index in [1.165, 1.54) is 12.5 Å². The number of nitrogens with one attached hydrogen (secondary N) is 2. The molecule has 3 atom stereocenters. The standard InChI is InChI=1S/C18H27FN4O.HI/c1-13-10-16(13)22-18(20-2)21-12-17(23-6-8-24-9-7-23)14-4-3-5-15(19)11-14;/h3-5,11,13,16-17H,6-10,12H2,1-2H3,(H2,20,21,22);1H. The first kappa shape index (κ1) is 20.4. The summed E-state index contributed by atoms with van der Waals surface area (Å²) < 4.78 is 19.1. The molecule has 0 radical (unpaired) electrons. The number of guanidine groups is 1. The Balaban J connectivity index is 0.00000225. The Morgan fingerprint density at radius 1 is 1.40 bits per heavy atom. The van der Waals surface area contributed by atoms with Gasteiger partial charge in [-0.15, -0.1) is 24.0 Å². The monoisotopic (exact) mass is 462 g/mol. The van der Waals surface area contributed by atoms with Crippen molar-refractivity contribution in [3.63, 3.8) is 0 Å². The molecule has 3 unspecified atom stereocenters. The topological polar surface area (TPSA) is 48.9 Å². The molecule has 5 nitrogen and oxygen atoms in total. The third kappa shape index (κ3) is 5.79. The molecule has 0 spiro atoms. The Morgan fingerprint density at radius 2 is 2.12 bits per heavy atom. The Kier molecular flexibility index (Phi) is 7.89. The van der Waals surface area contributed by atoms with Crippen LogP contribution in [0.3, 0.4) is 0 Å². The molecular weight excluding hydrogens is 434 g/mol. The fourth-order valence-corrected chi connectivity index (χ4v) is 3.15. The van der Waals surface area contributed by atoms with Crippen LogP contribution in [-0.2, 0) is 4.74 Å². The summed E-state index contributed by atoms with van der Waals surface area (Å²) in [4.78, 5) is 6.65. The van der Waals surface area contributed by atoms with Crippen LogP contribution in [0.4, 0.5) is 4.39 Å². The summed E-state index contributed by atoms with van der Waals surface area (Å²) >= 11 is 0. The summed E-state index contributed by atoms with van der Waals surface area (Å²) in [7, 11) is 1.79. The van der Waals surface area contributed by atoms with Crippen LogP contribution in [0.5, 0.6) is 0 Å². The first-order valence-electron chi connectivity index (χ1n) is 8.72. The number of morpholine rings is 1. The number of hydrogen-bond acceptors (Lipinski definition) is 3. The highest BCUT2D eigenvalue weighted by molar-refractivity contribution is 14.0. The van der Waals surface area contributed by atoms with Crippen molar-refractivity contribution in [3.05, 3.63) is 35.6 Å². The van der Waals surface area contributed by atoms with Crippen LogP contribution in [-0.4, -0.2) is 56.8 Å². The third-order valence-corrected chi connectivity index (χ3v) is 4.84. The van der Waals surface area contributed by atoms with Crippen molar-refractivity contribution < 1.29 is 9.13 Å². The minimum absolute atomic E-state index is 0. The largest absolute Gasteiger partial charge is 0.379 e. The SMILES string of the molecule is CN=C(NCC(c1cccc(F)c1)N1CCOCC1)NC1CC1C.I. The van der Waals surface area contributed by atoms with E-state index < -0.39 is 0 Å². The quantitative estimate of drug-likeness (QED) is 0.401. The second-order valence-electron chi connectivity index (χ2n) is 6.64. The predicted molar refractivity (Wildman–Crippen MR) is 109 cm³/mol. The van der Waals surface area contributed by atoms with Crippen LogP contribution in [0, 0.1) is 11.7 Å². The first-order chi connectivity index (χ1) is 11.7. The minimum Gasteiger partial charge on any atom is -0.379 e. The third-order valence-electron chi connectivity index (χ3n) is 4.84. The number of halogens is 2. The van der Waals surface area contributed by atoms with Gasteiger partial charge in [-0.25, -0.2) is 4.39 Å². The van der Waals surface area contributed by atoms with Crippen molar-refractivity contribution in [2.24, 2.45) is 10.9 Å². The summed E-state index contributed by atoms with van der Waals surface area (Å²) in [6, 6.07) is 7.50. The van der Waals surface area contributed by atoms with Crippen LogP contribution >= 0.6 is 24.0 Å². The van der Waals surface area contributed by atoms with Gasteiger partial charge in [0.05, 0.1) is 19.3 Å². The molecule has 2 fully saturated rings. The van der Waals surface area contributed by atoms with Gasteiger partial charge in [-0.05, 0) is 30.0 Å². The zero-order valence-corrected chi connectivity index (χ0v) is 17.2. The van der Waals surface area contributed by atoms with Crippen molar-refractivity contribution in [2.45, 2.75) is 25.4 Å². The summed E-state index contributed by atoms with van der Waals surface area (Å²) in [6.45, 7) is 6.07. The molecule has 1 aromatic carbocycles. The maximum Gasteiger partial charge on any atom is 0.191 e. The van der Waals surface area contributed by atoms with Crippen LogP contribution in [0.15, 0.2) is 29.3 Å². The Bertz CT molecular complexity index is 580. The Labute approximate surface area is 166 Å². The van der Waals surface area contributed by atoms with E-state index in [-0.39, 0.29) is 35.8 Å². The molecule has 0 aromatic heterocycles. The number of ether oxygens (including phenoxy) is 1. The van der Waals surface area contributed by atoms with Crippen molar-refractivity contribution in [1.82, 2.24) is 15.5 Å². The van der Waals surface area contributed by atoms with Gasteiger partial charge in [0.2, 0.25) is 0 Å². The van der Waals surface area contributed by atoms with Gasteiger partial charge in [0.1, 0.15) is 5.82 Å². The molecule has 25 heavy (non-hydrogen) atoms. The zero-order valence-electron chi connectivity index (χ0n) is 14.9. The number of nitrogens with zero attached hydrogens (tertiary/aromatic N) is 2. The fourth-order valence-electron chi connectivity index (χ4n) is 3.15. The molecule has 1 aliphatic carbocycles. The highest BCUT2D eigenvalue weighted by Crippen LogP contribution is 2.28. The molecule has 0 amide bonds. The molecular formula is C18H28FIN4O. The van der Waals surface area contributed by atoms with Gasteiger partial charge in [0.25, 0.3) is 0 Å². The zero-order chi connectivity index (χ0) is 16.9. The van der Waals surface area contributed by atoms with Crippen LogP contribution in [0.1, 0.15) is 24.9 Å². The average molecular weight is 462 g/mol. The molecule has 3 rings (SSSR count). The van der Waals surface area contributed by atoms with E-state index in [0.717, 1.165) is 37.8 Å². The molecule has 1 aliphatic heterocycles. The van der Waals surface area contributed by atoms with Crippen molar-refractivity contribution in [1.29, 1.82) is 0 Å². The number of hydrogen-bond donors (Lipinski definition) is 2. The van der Waals surface area contributed by atoms with Crippen LogP contribution < -0.4 is 10.6 Å². The normalized spacial score (nSPS) is 25.0. The molecule has 7 heteroatoms. The second-order valence-corrected chi connectivity index (χ2v) is 6.64. The van der Waals surface area contributed by atoms with E-state index in [1.807, 2.05) is 6.07 Å². The van der Waals surface area contributed by atoms with Gasteiger partial charge in [0.15, 0.2) is 5.96 Å². The molecule has 0 bridgehead atoms. The van der Waals surface area contributed by atoms with E-state index in [9.17, 15) is 4.39 Å².